The lowest BCUT2D eigenvalue weighted by Crippen LogP contribution is -2.65. The average molecular weight is 494 g/mol. The van der Waals surface area contributed by atoms with Crippen molar-refractivity contribution in [3.63, 3.8) is 0 Å². The summed E-state index contributed by atoms with van der Waals surface area (Å²) in [6.45, 7) is 7.89. The molecule has 1 atom stereocenters. The third-order valence-electron chi connectivity index (χ3n) is 5.12. The standard InChI is InChI=1S/C22H29N3OS.2ClH.2H2O/c1-19(20-9-4-2-5-10-20)25-16-14-24(15-17-25)13-8-18-27-22(26)23-21-11-6-3-7-12-21;;;;/h2-7,9-12,19H,8,13-18H2,1H3,(H,23,26);2*1H;2*1H2/p+1. The van der Waals surface area contributed by atoms with Crippen LogP contribution in [0.25, 0.3) is 0 Å². The smallest absolute Gasteiger partial charge is 0.402 e. The molecule has 3 rings (SSSR count). The molecule has 1 heterocycles. The molecule has 6 N–H and O–H groups in total. The summed E-state index contributed by atoms with van der Waals surface area (Å²) in [5.74, 6) is 0.923. The van der Waals surface area contributed by atoms with Gasteiger partial charge in [0.25, 0.3) is 0 Å². The number of hydrogen-bond donors (Lipinski definition) is 2. The van der Waals surface area contributed by atoms with Gasteiger partial charge in [-0.2, -0.15) is 4.99 Å². The average Bonchev–Trinajstić information content (AvgIpc) is 2.72. The Labute approximate surface area is 202 Å². The number of thioether (sulfide) groups is 1. The van der Waals surface area contributed by atoms with E-state index < -0.39 is 0 Å². The van der Waals surface area contributed by atoms with E-state index in [0.717, 1.165) is 50.6 Å². The highest BCUT2D eigenvalue weighted by molar-refractivity contribution is 8.13. The minimum Gasteiger partial charge on any atom is -0.455 e. The van der Waals surface area contributed by atoms with Gasteiger partial charge in [-0.25, -0.2) is 0 Å². The van der Waals surface area contributed by atoms with Crippen LogP contribution in [0.1, 0.15) is 24.9 Å². The summed E-state index contributed by atoms with van der Waals surface area (Å²) >= 11 is 1.49. The van der Waals surface area contributed by atoms with Crippen LogP contribution < -0.4 is 4.99 Å². The predicted molar refractivity (Wildman–Crippen MR) is 136 cm³/mol. The summed E-state index contributed by atoms with van der Waals surface area (Å²) in [6.07, 6.45) is 1.08. The Hall–Kier alpha value is -1.32. The summed E-state index contributed by atoms with van der Waals surface area (Å²) in [6, 6.07) is 21.0. The van der Waals surface area contributed by atoms with Gasteiger partial charge in [0.2, 0.25) is 5.69 Å². The summed E-state index contributed by atoms with van der Waals surface area (Å²) in [7, 11) is 0. The normalized spacial score (nSPS) is 15.5. The molecule has 9 heteroatoms. The number of rotatable bonds is 7. The van der Waals surface area contributed by atoms with E-state index in [1.54, 1.807) is 0 Å². The predicted octanol–water partition coefficient (Wildman–Crippen LogP) is 2.01. The molecule has 0 bridgehead atoms. The third-order valence-corrected chi connectivity index (χ3v) is 5.99. The van der Waals surface area contributed by atoms with Gasteiger partial charge in [0.15, 0.2) is 0 Å². The molecule has 0 amide bonds. The first kappa shape index (κ1) is 31.9. The van der Waals surface area contributed by atoms with Gasteiger partial charge < -0.3 is 21.0 Å². The lowest BCUT2D eigenvalue weighted by Gasteiger charge is -2.38. The number of aliphatic hydroxyl groups excluding tert-OH is 1. The minimum atomic E-state index is 0. The first-order valence-corrected chi connectivity index (χ1v) is 10.7. The van der Waals surface area contributed by atoms with Gasteiger partial charge >= 0.3 is 5.23 Å². The Morgan fingerprint density at radius 2 is 1.48 bits per heavy atom. The van der Waals surface area contributed by atoms with Crippen LogP contribution in [0.4, 0.5) is 5.69 Å². The van der Waals surface area contributed by atoms with E-state index in [0.29, 0.717) is 6.04 Å². The number of aliphatic hydroxyl groups is 1. The Balaban J connectivity index is 0. The zero-order chi connectivity index (χ0) is 18.9. The molecule has 0 spiro atoms. The molecule has 1 fully saturated rings. The van der Waals surface area contributed by atoms with Gasteiger partial charge in [0.1, 0.15) is 0 Å². The lowest BCUT2D eigenvalue weighted by molar-refractivity contribution is -0.360. The van der Waals surface area contributed by atoms with Crippen molar-refractivity contribution in [1.82, 2.24) is 9.80 Å². The van der Waals surface area contributed by atoms with Crippen molar-refractivity contribution in [3.8, 4) is 0 Å². The molecular formula is C22H36Cl2N3O3S+. The summed E-state index contributed by atoms with van der Waals surface area (Å²) in [5.41, 5.74) is 2.32. The van der Waals surface area contributed by atoms with Crippen molar-refractivity contribution in [1.29, 1.82) is 0 Å². The van der Waals surface area contributed by atoms with Crippen molar-refractivity contribution in [2.75, 3.05) is 38.5 Å². The van der Waals surface area contributed by atoms with Crippen LogP contribution in [0.15, 0.2) is 60.7 Å². The monoisotopic (exact) mass is 492 g/mol. The van der Waals surface area contributed by atoms with Crippen LogP contribution in [0.3, 0.4) is 0 Å². The topological polar surface area (TPSA) is 104 Å². The Morgan fingerprint density at radius 3 is 2.06 bits per heavy atom. The van der Waals surface area contributed by atoms with Crippen molar-refractivity contribution >= 4 is 47.5 Å². The summed E-state index contributed by atoms with van der Waals surface area (Å²) in [4.78, 5) is 8.14. The fourth-order valence-electron chi connectivity index (χ4n) is 3.45. The van der Waals surface area contributed by atoms with Gasteiger partial charge in [-0.3, -0.25) is 4.90 Å². The van der Waals surface area contributed by atoms with E-state index in [1.807, 2.05) is 30.3 Å². The molecule has 1 aliphatic heterocycles. The molecule has 2 aromatic carbocycles. The first-order chi connectivity index (χ1) is 13.2. The number of benzene rings is 2. The Kier molecular flexibility index (Phi) is 17.7. The number of piperazine rings is 1. The maximum absolute atomic E-state index is 9.99. The Bertz CT molecular complexity index is 718. The number of hydrogen-bond acceptors (Lipinski definition) is 3. The lowest BCUT2D eigenvalue weighted by atomic mass is 10.1. The van der Waals surface area contributed by atoms with Crippen LogP contribution in [0, 0.1) is 0 Å². The molecule has 0 aliphatic carbocycles. The van der Waals surface area contributed by atoms with Gasteiger partial charge in [0.05, 0.1) is 0 Å². The fraction of sp³-hybridized carbons (Fsp3) is 0.409. The molecule has 176 valence electrons. The second kappa shape index (κ2) is 17.3. The second-order valence-electron chi connectivity index (χ2n) is 6.96. The van der Waals surface area contributed by atoms with E-state index in [4.69, 9.17) is 0 Å². The van der Waals surface area contributed by atoms with Crippen LogP contribution in [0.2, 0.25) is 0 Å². The SMILES string of the molecule is CC(c1ccccc1)N1CCN(CCCSC(O)=[NH+]c2ccccc2)CC1.Cl.Cl.O.O. The zero-order valence-electron chi connectivity index (χ0n) is 17.9. The van der Waals surface area contributed by atoms with Crippen molar-refractivity contribution in [3.05, 3.63) is 66.2 Å². The molecule has 1 saturated heterocycles. The third kappa shape index (κ3) is 10.7. The number of para-hydroxylation sites is 1. The van der Waals surface area contributed by atoms with Gasteiger partial charge in [-0.1, -0.05) is 48.5 Å². The van der Waals surface area contributed by atoms with E-state index in [-0.39, 0.29) is 41.0 Å². The highest BCUT2D eigenvalue weighted by Gasteiger charge is 2.21. The molecule has 0 radical (unpaired) electrons. The van der Waals surface area contributed by atoms with E-state index in [9.17, 15) is 5.11 Å². The quantitative estimate of drug-likeness (QED) is 0.350. The Morgan fingerprint density at radius 1 is 0.935 bits per heavy atom. The van der Waals surface area contributed by atoms with Crippen LogP contribution in [-0.4, -0.2) is 69.6 Å². The van der Waals surface area contributed by atoms with Crippen molar-refractivity contribution in [2.45, 2.75) is 19.4 Å². The molecule has 0 aromatic heterocycles. The van der Waals surface area contributed by atoms with E-state index in [2.05, 4.69) is 52.0 Å². The zero-order valence-corrected chi connectivity index (χ0v) is 20.3. The minimum absolute atomic E-state index is 0. The highest BCUT2D eigenvalue weighted by Crippen LogP contribution is 2.21. The fourth-order valence-corrected chi connectivity index (χ4v) is 4.11. The molecular weight excluding hydrogens is 457 g/mol. The number of halogens is 2. The van der Waals surface area contributed by atoms with Crippen molar-refractivity contribution < 1.29 is 21.1 Å². The number of nitrogens with one attached hydrogen (secondary N) is 1. The first-order valence-electron chi connectivity index (χ1n) is 9.74. The molecule has 0 saturated carbocycles. The van der Waals surface area contributed by atoms with Crippen LogP contribution >= 0.6 is 36.6 Å². The number of nitrogens with zero attached hydrogens (tertiary/aromatic N) is 2. The molecule has 31 heavy (non-hydrogen) atoms. The molecule has 2 aromatic rings. The summed E-state index contributed by atoms with van der Waals surface area (Å²) < 4.78 is 0. The molecule has 1 unspecified atom stereocenters. The van der Waals surface area contributed by atoms with Crippen LogP contribution in [0.5, 0.6) is 0 Å². The largest absolute Gasteiger partial charge is 0.455 e. The molecule has 1 aliphatic rings. The van der Waals surface area contributed by atoms with Gasteiger partial charge in [0, 0.05) is 50.1 Å². The van der Waals surface area contributed by atoms with E-state index >= 15 is 0 Å². The van der Waals surface area contributed by atoms with Gasteiger partial charge in [-0.05, 0) is 37.2 Å². The molecule has 6 nitrogen and oxygen atoms in total. The van der Waals surface area contributed by atoms with Gasteiger partial charge in [-0.15, -0.1) is 24.8 Å². The second-order valence-corrected chi connectivity index (χ2v) is 8.05. The summed E-state index contributed by atoms with van der Waals surface area (Å²) in [5, 5.41) is 10.3. The maximum atomic E-state index is 9.99. The highest BCUT2D eigenvalue weighted by atomic mass is 35.5. The van der Waals surface area contributed by atoms with Crippen molar-refractivity contribution in [2.24, 2.45) is 0 Å². The van der Waals surface area contributed by atoms with E-state index in [1.165, 1.54) is 17.3 Å². The maximum Gasteiger partial charge on any atom is 0.402 e. The van der Waals surface area contributed by atoms with Crippen LogP contribution in [-0.2, 0) is 0 Å².